The molecule has 3 aromatic carbocycles. The number of hydrogen-bond donors (Lipinski definition) is 1. The summed E-state index contributed by atoms with van der Waals surface area (Å²) in [6.45, 7) is 1.40. The van der Waals surface area contributed by atoms with Crippen LogP contribution in [0.4, 0.5) is 5.69 Å². The number of rotatable bonds is 11. The highest BCUT2D eigenvalue weighted by molar-refractivity contribution is 7.92. The number of amides is 2. The van der Waals surface area contributed by atoms with Gasteiger partial charge in [-0.1, -0.05) is 85.4 Å². The molecule has 1 saturated carbocycles. The van der Waals surface area contributed by atoms with E-state index in [0.29, 0.717) is 27.7 Å². The van der Waals surface area contributed by atoms with Crippen molar-refractivity contribution < 1.29 is 18.0 Å². The normalized spacial score (nSPS) is 14.5. The zero-order valence-corrected chi connectivity index (χ0v) is 24.6. The molecule has 0 aliphatic heterocycles. The summed E-state index contributed by atoms with van der Waals surface area (Å²) in [6, 6.07) is 20.8. The van der Waals surface area contributed by atoms with E-state index < -0.39 is 28.5 Å². The number of benzene rings is 3. The minimum Gasteiger partial charge on any atom is -0.352 e. The number of carbonyl (C=O) groups is 2. The Kier molecular flexibility index (Phi) is 10.1. The Balaban J connectivity index is 1.70. The molecule has 4 rings (SSSR count). The molecular weight excluding hydrogens is 569 g/mol. The first-order valence-corrected chi connectivity index (χ1v) is 15.6. The molecule has 0 saturated heterocycles. The molecule has 0 bridgehead atoms. The molecule has 212 valence electrons. The summed E-state index contributed by atoms with van der Waals surface area (Å²) in [5.41, 5.74) is 1.02. The quantitative estimate of drug-likeness (QED) is 0.289. The lowest BCUT2D eigenvalue weighted by molar-refractivity contribution is -0.140. The lowest BCUT2D eigenvalue weighted by Crippen LogP contribution is -2.53. The summed E-state index contributed by atoms with van der Waals surface area (Å²) in [5, 5.41) is 3.80. The number of halogens is 2. The zero-order valence-electron chi connectivity index (χ0n) is 22.3. The van der Waals surface area contributed by atoms with Crippen LogP contribution in [-0.2, 0) is 26.2 Å². The van der Waals surface area contributed by atoms with Crippen LogP contribution < -0.4 is 9.62 Å². The van der Waals surface area contributed by atoms with E-state index in [-0.39, 0.29) is 23.4 Å². The minimum atomic E-state index is -4.09. The van der Waals surface area contributed by atoms with Gasteiger partial charge in [0.25, 0.3) is 10.0 Å². The van der Waals surface area contributed by atoms with Crippen molar-refractivity contribution in [1.82, 2.24) is 10.2 Å². The molecule has 10 heteroatoms. The van der Waals surface area contributed by atoms with Crippen molar-refractivity contribution >= 4 is 50.7 Å². The Morgan fingerprint density at radius 3 is 2.15 bits per heavy atom. The maximum Gasteiger partial charge on any atom is 0.264 e. The van der Waals surface area contributed by atoms with Crippen LogP contribution in [0.15, 0.2) is 83.8 Å². The molecule has 1 atom stereocenters. The summed E-state index contributed by atoms with van der Waals surface area (Å²) in [7, 11) is -4.09. The van der Waals surface area contributed by atoms with Gasteiger partial charge >= 0.3 is 0 Å². The van der Waals surface area contributed by atoms with Gasteiger partial charge in [-0.3, -0.25) is 13.9 Å². The van der Waals surface area contributed by atoms with E-state index in [1.54, 1.807) is 66.7 Å². The Hall–Kier alpha value is -3.07. The van der Waals surface area contributed by atoms with Crippen molar-refractivity contribution in [3.05, 3.63) is 94.5 Å². The SMILES string of the molecule is CC[C@H](C(=O)NC1CCCC1)N(Cc1ccc(Cl)c(Cl)c1)C(=O)CN(c1ccccc1)S(=O)(=O)c1ccccc1. The summed E-state index contributed by atoms with van der Waals surface area (Å²) in [6.07, 6.45) is 4.26. The minimum absolute atomic E-state index is 0.0559. The van der Waals surface area contributed by atoms with Crippen LogP contribution >= 0.6 is 23.2 Å². The molecule has 1 aliphatic carbocycles. The van der Waals surface area contributed by atoms with Crippen LogP contribution in [0.2, 0.25) is 10.0 Å². The second-order valence-corrected chi connectivity index (χ2v) is 12.5. The van der Waals surface area contributed by atoms with Gasteiger partial charge in [-0.15, -0.1) is 0 Å². The third kappa shape index (κ3) is 7.16. The number of anilines is 1. The second kappa shape index (κ2) is 13.5. The number of nitrogens with one attached hydrogen (secondary N) is 1. The topological polar surface area (TPSA) is 86.8 Å². The molecule has 0 radical (unpaired) electrons. The van der Waals surface area contributed by atoms with E-state index in [4.69, 9.17) is 23.2 Å². The standard InChI is InChI=1S/C30H33Cl2N3O4S/c1-2-28(30(37)33-23-11-9-10-12-23)34(20-22-17-18-26(31)27(32)19-22)29(36)21-35(24-13-5-3-6-14-24)40(38,39)25-15-7-4-8-16-25/h3-8,13-19,23,28H,2,9-12,20-21H2,1H3,(H,33,37)/t28-/m1/s1. The molecule has 2 amide bonds. The largest absolute Gasteiger partial charge is 0.352 e. The van der Waals surface area contributed by atoms with Crippen LogP contribution in [0.5, 0.6) is 0 Å². The Labute approximate surface area is 246 Å². The first-order chi connectivity index (χ1) is 19.2. The summed E-state index contributed by atoms with van der Waals surface area (Å²) in [5.74, 6) is -0.761. The molecule has 1 aliphatic rings. The van der Waals surface area contributed by atoms with E-state index in [9.17, 15) is 18.0 Å². The molecule has 0 aromatic heterocycles. The van der Waals surface area contributed by atoms with Crippen molar-refractivity contribution in [1.29, 1.82) is 0 Å². The highest BCUT2D eigenvalue weighted by atomic mass is 35.5. The zero-order chi connectivity index (χ0) is 28.7. The van der Waals surface area contributed by atoms with E-state index in [1.807, 2.05) is 6.92 Å². The molecule has 40 heavy (non-hydrogen) atoms. The van der Waals surface area contributed by atoms with Gasteiger partial charge < -0.3 is 10.2 Å². The van der Waals surface area contributed by atoms with Crippen LogP contribution in [-0.4, -0.2) is 43.8 Å². The number of nitrogens with zero attached hydrogens (tertiary/aromatic N) is 2. The average molecular weight is 603 g/mol. The van der Waals surface area contributed by atoms with Crippen LogP contribution in [0.1, 0.15) is 44.6 Å². The monoisotopic (exact) mass is 601 g/mol. The fraction of sp³-hybridized carbons (Fsp3) is 0.333. The Bertz CT molecular complexity index is 1420. The Morgan fingerprint density at radius 1 is 0.925 bits per heavy atom. The van der Waals surface area contributed by atoms with Gasteiger partial charge in [0.2, 0.25) is 11.8 Å². The number of carbonyl (C=O) groups excluding carboxylic acids is 2. The highest BCUT2D eigenvalue weighted by Crippen LogP contribution is 2.27. The van der Waals surface area contributed by atoms with Crippen molar-refractivity contribution in [2.24, 2.45) is 0 Å². The van der Waals surface area contributed by atoms with Crippen molar-refractivity contribution in [2.75, 3.05) is 10.8 Å². The van der Waals surface area contributed by atoms with E-state index in [2.05, 4.69) is 5.32 Å². The van der Waals surface area contributed by atoms with E-state index in [1.165, 1.54) is 17.0 Å². The maximum atomic E-state index is 14.1. The summed E-state index contributed by atoms with van der Waals surface area (Å²) >= 11 is 12.4. The fourth-order valence-electron chi connectivity index (χ4n) is 4.96. The van der Waals surface area contributed by atoms with Gasteiger partial charge in [0.1, 0.15) is 12.6 Å². The van der Waals surface area contributed by atoms with Crippen LogP contribution in [0.25, 0.3) is 0 Å². The third-order valence-corrected chi connectivity index (χ3v) is 9.61. The predicted octanol–water partition coefficient (Wildman–Crippen LogP) is 6.05. The van der Waals surface area contributed by atoms with Gasteiger partial charge in [0.15, 0.2) is 0 Å². The van der Waals surface area contributed by atoms with Crippen LogP contribution in [0, 0.1) is 0 Å². The van der Waals surface area contributed by atoms with E-state index >= 15 is 0 Å². The molecule has 0 heterocycles. The maximum absolute atomic E-state index is 14.1. The van der Waals surface area contributed by atoms with Crippen molar-refractivity contribution in [3.63, 3.8) is 0 Å². The molecule has 3 aromatic rings. The lowest BCUT2D eigenvalue weighted by atomic mass is 10.1. The highest BCUT2D eigenvalue weighted by Gasteiger charge is 2.34. The molecule has 0 spiro atoms. The lowest BCUT2D eigenvalue weighted by Gasteiger charge is -2.33. The number of hydrogen-bond acceptors (Lipinski definition) is 4. The van der Waals surface area contributed by atoms with Gasteiger partial charge in [-0.25, -0.2) is 8.42 Å². The first-order valence-electron chi connectivity index (χ1n) is 13.4. The van der Waals surface area contributed by atoms with E-state index in [0.717, 1.165) is 30.0 Å². The number of sulfonamides is 1. The Morgan fingerprint density at radius 2 is 1.55 bits per heavy atom. The fourth-order valence-corrected chi connectivity index (χ4v) is 6.72. The first kappa shape index (κ1) is 29.9. The molecule has 1 N–H and O–H groups in total. The van der Waals surface area contributed by atoms with Gasteiger partial charge in [0.05, 0.1) is 20.6 Å². The van der Waals surface area contributed by atoms with Gasteiger partial charge in [0, 0.05) is 12.6 Å². The second-order valence-electron chi connectivity index (χ2n) is 9.84. The molecule has 7 nitrogen and oxygen atoms in total. The van der Waals surface area contributed by atoms with Crippen molar-refractivity contribution in [3.8, 4) is 0 Å². The predicted molar refractivity (Wildman–Crippen MR) is 159 cm³/mol. The smallest absolute Gasteiger partial charge is 0.264 e. The molecular formula is C30H33Cl2N3O4S. The average Bonchev–Trinajstić information content (AvgIpc) is 3.47. The van der Waals surface area contributed by atoms with Crippen molar-refractivity contribution in [2.45, 2.75) is 62.6 Å². The molecule has 0 unspecified atom stereocenters. The van der Waals surface area contributed by atoms with Gasteiger partial charge in [-0.05, 0) is 61.2 Å². The summed E-state index contributed by atoms with van der Waals surface area (Å²) in [4.78, 5) is 29.1. The van der Waals surface area contributed by atoms with Gasteiger partial charge in [-0.2, -0.15) is 0 Å². The third-order valence-electron chi connectivity index (χ3n) is 7.08. The number of para-hydroxylation sites is 1. The van der Waals surface area contributed by atoms with Crippen LogP contribution in [0.3, 0.4) is 0 Å². The summed E-state index contributed by atoms with van der Waals surface area (Å²) < 4.78 is 28.6. The molecule has 1 fully saturated rings.